The van der Waals surface area contributed by atoms with E-state index in [1.807, 2.05) is 65.7 Å². The van der Waals surface area contributed by atoms with E-state index in [2.05, 4.69) is 11.5 Å². The van der Waals surface area contributed by atoms with Crippen molar-refractivity contribution in [1.29, 1.82) is 0 Å². The molecule has 1 saturated carbocycles. The zero-order chi connectivity index (χ0) is 25.9. The van der Waals surface area contributed by atoms with Gasteiger partial charge in [0.15, 0.2) is 0 Å². The van der Waals surface area contributed by atoms with Crippen LogP contribution in [-0.2, 0) is 9.59 Å². The van der Waals surface area contributed by atoms with Gasteiger partial charge in [-0.15, -0.1) is 0 Å². The fraction of sp³-hybridized carbons (Fsp3) is 0.400. The summed E-state index contributed by atoms with van der Waals surface area (Å²) in [6, 6.07) is 17.2. The Morgan fingerprint density at radius 3 is 2.46 bits per heavy atom. The molecule has 1 aromatic heterocycles. The number of anilines is 1. The summed E-state index contributed by atoms with van der Waals surface area (Å²) in [6.45, 7) is 2.75. The van der Waals surface area contributed by atoms with E-state index < -0.39 is 6.04 Å². The smallest absolute Gasteiger partial charge is 0.247 e. The third-order valence-corrected chi connectivity index (χ3v) is 7.59. The molecule has 0 N–H and O–H groups in total. The molecule has 2 amide bonds. The predicted octanol–water partition coefficient (Wildman–Crippen LogP) is 5.36. The summed E-state index contributed by atoms with van der Waals surface area (Å²) in [5.74, 6) is 1.40. The molecular weight excluding hydrogens is 466 g/mol. The van der Waals surface area contributed by atoms with Crippen LogP contribution in [0.4, 0.5) is 5.69 Å². The van der Waals surface area contributed by atoms with Gasteiger partial charge in [-0.2, -0.15) is 0 Å². The maximum Gasteiger partial charge on any atom is 0.247 e. The second-order valence-corrected chi connectivity index (χ2v) is 9.81. The van der Waals surface area contributed by atoms with Crippen LogP contribution in [0.15, 0.2) is 60.8 Å². The first kappa shape index (κ1) is 24.9. The van der Waals surface area contributed by atoms with E-state index >= 15 is 0 Å². The fourth-order valence-electron chi connectivity index (χ4n) is 5.38. The molecule has 37 heavy (non-hydrogen) atoms. The molecule has 1 aliphatic carbocycles. The van der Waals surface area contributed by atoms with Crippen LogP contribution in [0.3, 0.4) is 0 Å². The van der Waals surface area contributed by atoms with Gasteiger partial charge >= 0.3 is 0 Å². The minimum Gasteiger partial charge on any atom is -0.497 e. The first-order valence-corrected chi connectivity index (χ1v) is 13.2. The number of para-hydroxylation sites is 2. The van der Waals surface area contributed by atoms with Crippen LogP contribution in [0.5, 0.6) is 11.5 Å². The SMILES string of the molecule is CCCCN(CC(=O)N1c2ccccc2-n2cccc2C1c1cc(OC)ccc1OC)C(=O)C1CCC1. The van der Waals surface area contributed by atoms with Crippen molar-refractivity contribution in [2.75, 3.05) is 32.2 Å². The van der Waals surface area contributed by atoms with Gasteiger partial charge in [-0.1, -0.05) is 31.9 Å². The monoisotopic (exact) mass is 501 g/mol. The van der Waals surface area contributed by atoms with E-state index in [-0.39, 0.29) is 24.3 Å². The zero-order valence-corrected chi connectivity index (χ0v) is 21.9. The number of amides is 2. The van der Waals surface area contributed by atoms with E-state index in [0.717, 1.165) is 54.7 Å². The first-order valence-electron chi connectivity index (χ1n) is 13.2. The van der Waals surface area contributed by atoms with E-state index in [1.165, 1.54) is 0 Å². The van der Waals surface area contributed by atoms with Crippen molar-refractivity contribution >= 4 is 17.5 Å². The molecule has 2 heterocycles. The van der Waals surface area contributed by atoms with Crippen LogP contribution in [0, 0.1) is 5.92 Å². The molecule has 3 aromatic rings. The van der Waals surface area contributed by atoms with Crippen molar-refractivity contribution in [1.82, 2.24) is 9.47 Å². The van der Waals surface area contributed by atoms with E-state index in [9.17, 15) is 9.59 Å². The number of benzene rings is 2. The van der Waals surface area contributed by atoms with Crippen LogP contribution in [0.25, 0.3) is 5.69 Å². The number of rotatable bonds is 9. The van der Waals surface area contributed by atoms with Crippen LogP contribution in [-0.4, -0.2) is 48.6 Å². The average molecular weight is 502 g/mol. The fourth-order valence-corrected chi connectivity index (χ4v) is 5.38. The number of carbonyl (C=O) groups is 2. The van der Waals surface area contributed by atoms with Gasteiger partial charge in [0, 0.05) is 24.2 Å². The summed E-state index contributed by atoms with van der Waals surface area (Å²) < 4.78 is 13.4. The van der Waals surface area contributed by atoms with Crippen molar-refractivity contribution in [2.45, 2.75) is 45.1 Å². The predicted molar refractivity (Wildman–Crippen MR) is 143 cm³/mol. The quantitative estimate of drug-likeness (QED) is 0.396. The first-order chi connectivity index (χ1) is 18.1. The number of aromatic nitrogens is 1. The lowest BCUT2D eigenvalue weighted by molar-refractivity contribution is -0.141. The molecule has 5 rings (SSSR count). The molecule has 2 aromatic carbocycles. The summed E-state index contributed by atoms with van der Waals surface area (Å²) in [7, 11) is 3.27. The number of methoxy groups -OCH3 is 2. The Kier molecular flexibility index (Phi) is 7.22. The molecule has 7 nitrogen and oxygen atoms in total. The number of hydrogen-bond acceptors (Lipinski definition) is 4. The zero-order valence-electron chi connectivity index (χ0n) is 21.9. The van der Waals surface area contributed by atoms with Crippen molar-refractivity contribution in [3.8, 4) is 17.2 Å². The largest absolute Gasteiger partial charge is 0.497 e. The maximum absolute atomic E-state index is 14.3. The standard InChI is InChI=1S/C30H35N3O4/c1-4-5-17-31(30(35)21-10-8-11-21)20-28(34)33-25-13-7-6-12-24(25)32-18-9-14-26(32)29(33)23-19-22(36-2)15-16-27(23)37-3/h6-7,9,12-16,18-19,21,29H,4-5,8,10-11,17,20H2,1-3H3. The van der Waals surface area contributed by atoms with Gasteiger partial charge in [0.1, 0.15) is 24.1 Å². The third-order valence-electron chi connectivity index (χ3n) is 7.59. The summed E-state index contributed by atoms with van der Waals surface area (Å²) in [5.41, 5.74) is 3.51. The van der Waals surface area contributed by atoms with E-state index in [1.54, 1.807) is 19.1 Å². The lowest BCUT2D eigenvalue weighted by Crippen LogP contribution is -2.49. The number of hydrogen-bond donors (Lipinski definition) is 0. The number of nitrogens with zero attached hydrogens (tertiary/aromatic N) is 3. The molecule has 0 bridgehead atoms. The number of carbonyl (C=O) groups excluding carboxylic acids is 2. The molecule has 1 atom stereocenters. The molecule has 0 saturated heterocycles. The molecule has 1 fully saturated rings. The van der Waals surface area contributed by atoms with Crippen molar-refractivity contribution in [3.63, 3.8) is 0 Å². The Balaban J connectivity index is 1.60. The molecule has 1 aliphatic heterocycles. The Labute approximate surface area is 218 Å². The van der Waals surface area contributed by atoms with Gasteiger partial charge in [0.05, 0.1) is 31.3 Å². The summed E-state index contributed by atoms with van der Waals surface area (Å²) in [6.07, 6.45) is 6.77. The van der Waals surface area contributed by atoms with Crippen LogP contribution >= 0.6 is 0 Å². The van der Waals surface area contributed by atoms with Crippen LogP contribution in [0.1, 0.15) is 56.3 Å². The minimum atomic E-state index is -0.450. The van der Waals surface area contributed by atoms with Crippen molar-refractivity contribution in [3.05, 3.63) is 72.1 Å². The van der Waals surface area contributed by atoms with Gasteiger partial charge in [-0.05, 0) is 61.7 Å². The molecule has 194 valence electrons. The maximum atomic E-state index is 14.3. The van der Waals surface area contributed by atoms with Crippen molar-refractivity contribution < 1.29 is 19.1 Å². The van der Waals surface area contributed by atoms with Gasteiger partial charge < -0.3 is 18.9 Å². The van der Waals surface area contributed by atoms with Gasteiger partial charge in [0.2, 0.25) is 11.8 Å². The number of fused-ring (bicyclic) bond motifs is 3. The molecule has 2 aliphatic rings. The average Bonchev–Trinajstić information content (AvgIpc) is 3.38. The number of unbranched alkanes of at least 4 members (excludes halogenated alkanes) is 1. The lowest BCUT2D eigenvalue weighted by Gasteiger charge is -2.40. The molecule has 0 radical (unpaired) electrons. The molecule has 1 unspecified atom stereocenters. The topological polar surface area (TPSA) is 64.0 Å². The lowest BCUT2D eigenvalue weighted by atomic mass is 9.84. The normalized spacial score (nSPS) is 16.4. The molecule has 0 spiro atoms. The third kappa shape index (κ3) is 4.59. The van der Waals surface area contributed by atoms with Crippen molar-refractivity contribution in [2.24, 2.45) is 5.92 Å². The highest BCUT2D eigenvalue weighted by Crippen LogP contribution is 2.45. The van der Waals surface area contributed by atoms with Crippen LogP contribution in [0.2, 0.25) is 0 Å². The van der Waals surface area contributed by atoms with E-state index in [4.69, 9.17) is 9.47 Å². The molecular formula is C30H35N3O4. The minimum absolute atomic E-state index is 0.0461. The Hall–Kier alpha value is -3.74. The highest BCUT2D eigenvalue weighted by molar-refractivity contribution is 6.00. The second-order valence-electron chi connectivity index (χ2n) is 9.81. The van der Waals surface area contributed by atoms with E-state index in [0.29, 0.717) is 18.0 Å². The highest BCUT2D eigenvalue weighted by Gasteiger charge is 2.39. The van der Waals surface area contributed by atoms with Gasteiger partial charge in [-0.3, -0.25) is 14.5 Å². The summed E-state index contributed by atoms with van der Waals surface area (Å²) in [4.78, 5) is 31.2. The Bertz CT molecular complexity index is 1280. The second kappa shape index (κ2) is 10.7. The van der Waals surface area contributed by atoms with Gasteiger partial charge in [-0.25, -0.2) is 0 Å². The van der Waals surface area contributed by atoms with Gasteiger partial charge in [0.25, 0.3) is 0 Å². The summed E-state index contributed by atoms with van der Waals surface area (Å²) >= 11 is 0. The molecule has 7 heteroatoms. The Morgan fingerprint density at radius 1 is 1.00 bits per heavy atom. The summed E-state index contributed by atoms with van der Waals surface area (Å²) in [5, 5.41) is 0. The highest BCUT2D eigenvalue weighted by atomic mass is 16.5. The van der Waals surface area contributed by atoms with Crippen LogP contribution < -0.4 is 14.4 Å². The Morgan fingerprint density at radius 2 is 1.78 bits per heavy atom. The number of ether oxygens (including phenoxy) is 2.